The zero-order chi connectivity index (χ0) is 15.4. The van der Waals surface area contributed by atoms with Crippen molar-refractivity contribution in [2.45, 2.75) is 18.6 Å². The molecular weight excluding hydrogens is 314 g/mol. The van der Waals surface area contributed by atoms with Gasteiger partial charge in [-0.1, -0.05) is 35.5 Å². The van der Waals surface area contributed by atoms with Gasteiger partial charge < -0.3 is 10.4 Å². The Labute approximate surface area is 130 Å². The Kier molecular flexibility index (Phi) is 4.98. The average molecular weight is 326 g/mol. The number of halogens is 1. The van der Waals surface area contributed by atoms with Gasteiger partial charge >= 0.3 is 5.97 Å². The molecule has 1 unspecified atom stereocenters. The number of carboxylic acids is 1. The maximum atomic E-state index is 11.4. The second-order valence-corrected chi connectivity index (χ2v) is 5.92. The van der Waals surface area contributed by atoms with Crippen LogP contribution in [0.5, 0.6) is 0 Å². The van der Waals surface area contributed by atoms with Crippen molar-refractivity contribution in [2.24, 2.45) is 10.2 Å². The summed E-state index contributed by atoms with van der Waals surface area (Å²) in [7, 11) is 0. The topological polar surface area (TPSA) is 91.1 Å². The highest BCUT2D eigenvalue weighted by molar-refractivity contribution is 8.15. The highest BCUT2D eigenvalue weighted by Crippen LogP contribution is 2.20. The number of carbonyl (C=O) groups is 2. The second kappa shape index (κ2) is 6.73. The number of nitrogens with one attached hydrogen (secondary N) is 1. The fourth-order valence-electron chi connectivity index (χ4n) is 1.60. The molecule has 1 aromatic carbocycles. The molecule has 0 aromatic heterocycles. The average Bonchev–Trinajstić information content (AvgIpc) is 2.45. The van der Waals surface area contributed by atoms with Crippen molar-refractivity contribution in [2.75, 3.05) is 0 Å². The molecule has 1 aliphatic heterocycles. The van der Waals surface area contributed by atoms with Crippen LogP contribution >= 0.6 is 23.4 Å². The van der Waals surface area contributed by atoms with Crippen molar-refractivity contribution in [1.82, 2.24) is 5.32 Å². The molecular formula is C13H12ClN3O3S. The second-order valence-electron chi connectivity index (χ2n) is 4.29. The summed E-state index contributed by atoms with van der Waals surface area (Å²) in [5.41, 5.74) is 1.47. The Morgan fingerprint density at radius 2 is 2.10 bits per heavy atom. The lowest BCUT2D eigenvalue weighted by molar-refractivity contribution is -0.138. The highest BCUT2D eigenvalue weighted by atomic mass is 35.5. The monoisotopic (exact) mass is 325 g/mol. The maximum Gasteiger partial charge on any atom is 0.317 e. The van der Waals surface area contributed by atoms with Gasteiger partial charge in [0.05, 0.1) is 5.71 Å². The predicted molar refractivity (Wildman–Crippen MR) is 82.9 cm³/mol. The lowest BCUT2D eigenvalue weighted by Crippen LogP contribution is -2.40. The van der Waals surface area contributed by atoms with Crippen LogP contribution in [-0.2, 0) is 9.59 Å². The SMILES string of the molecule is C/C(=N\N=C1/NC(=O)CC(C(=O)O)S1)c1ccc(Cl)cc1. The highest BCUT2D eigenvalue weighted by Gasteiger charge is 2.29. The molecule has 2 N–H and O–H groups in total. The standard InChI is InChI=1S/C13H12ClN3O3S/c1-7(8-2-4-9(14)5-3-8)16-17-13-15-11(18)6-10(21-13)12(19)20/h2-5,10H,6H2,1H3,(H,19,20)(H,15,17,18)/b16-7+. The first-order valence-corrected chi connectivity index (χ1v) is 7.29. The molecule has 1 amide bonds. The van der Waals surface area contributed by atoms with Gasteiger partial charge in [0.15, 0.2) is 5.17 Å². The van der Waals surface area contributed by atoms with Gasteiger partial charge in [-0.05, 0) is 24.6 Å². The van der Waals surface area contributed by atoms with Crippen molar-refractivity contribution >= 4 is 46.1 Å². The lowest BCUT2D eigenvalue weighted by atomic mass is 10.1. The zero-order valence-corrected chi connectivity index (χ0v) is 12.6. The fourth-order valence-corrected chi connectivity index (χ4v) is 2.59. The fraction of sp³-hybridized carbons (Fsp3) is 0.231. The number of nitrogens with zero attached hydrogens (tertiary/aromatic N) is 2. The summed E-state index contributed by atoms with van der Waals surface area (Å²) < 4.78 is 0. The minimum atomic E-state index is -1.04. The van der Waals surface area contributed by atoms with Gasteiger partial charge in [0, 0.05) is 11.4 Å². The van der Waals surface area contributed by atoms with Crippen molar-refractivity contribution in [3.05, 3.63) is 34.9 Å². The number of carboxylic acid groups (broad SMARTS) is 1. The number of hydrogen-bond acceptors (Lipinski definition) is 5. The third kappa shape index (κ3) is 4.30. The third-order valence-electron chi connectivity index (χ3n) is 2.70. The van der Waals surface area contributed by atoms with Crippen molar-refractivity contribution in [3.63, 3.8) is 0 Å². The van der Waals surface area contributed by atoms with Gasteiger partial charge in [0.1, 0.15) is 5.25 Å². The summed E-state index contributed by atoms with van der Waals surface area (Å²) >= 11 is 6.78. The lowest BCUT2D eigenvalue weighted by Gasteiger charge is -2.18. The van der Waals surface area contributed by atoms with Crippen LogP contribution in [0.3, 0.4) is 0 Å². The number of thioether (sulfide) groups is 1. The molecule has 1 aliphatic rings. The molecule has 0 spiro atoms. The summed E-state index contributed by atoms with van der Waals surface area (Å²) in [6, 6.07) is 7.07. The summed E-state index contributed by atoms with van der Waals surface area (Å²) in [5.74, 6) is -1.42. The van der Waals surface area contributed by atoms with E-state index in [0.717, 1.165) is 17.3 Å². The number of carbonyl (C=O) groups excluding carboxylic acids is 1. The van der Waals surface area contributed by atoms with Crippen LogP contribution in [0, 0.1) is 0 Å². The molecule has 1 saturated heterocycles. The molecule has 0 aliphatic carbocycles. The summed E-state index contributed by atoms with van der Waals surface area (Å²) in [5, 5.41) is 19.3. The van der Waals surface area contributed by atoms with E-state index in [0.29, 0.717) is 10.7 Å². The molecule has 8 heteroatoms. The molecule has 1 fully saturated rings. The third-order valence-corrected chi connectivity index (χ3v) is 4.01. The van der Waals surface area contributed by atoms with E-state index in [4.69, 9.17) is 16.7 Å². The van der Waals surface area contributed by atoms with E-state index in [2.05, 4.69) is 15.5 Å². The van der Waals surface area contributed by atoms with Gasteiger partial charge in [0.2, 0.25) is 5.91 Å². The quantitative estimate of drug-likeness (QED) is 0.658. The van der Waals surface area contributed by atoms with Crippen LogP contribution in [0.25, 0.3) is 0 Å². The van der Waals surface area contributed by atoms with Gasteiger partial charge in [-0.25, -0.2) is 0 Å². The van der Waals surface area contributed by atoms with Gasteiger partial charge in [-0.15, -0.1) is 5.10 Å². The van der Waals surface area contributed by atoms with E-state index in [1.165, 1.54) is 0 Å². The Bertz CT molecular complexity index is 628. The number of benzene rings is 1. The van der Waals surface area contributed by atoms with Gasteiger partial charge in [0.25, 0.3) is 0 Å². The van der Waals surface area contributed by atoms with Crippen LogP contribution in [0.2, 0.25) is 5.02 Å². The van der Waals surface area contributed by atoms with Crippen LogP contribution < -0.4 is 5.32 Å². The Hall–Kier alpha value is -1.86. The molecule has 21 heavy (non-hydrogen) atoms. The summed E-state index contributed by atoms with van der Waals surface area (Å²) in [4.78, 5) is 22.3. The largest absolute Gasteiger partial charge is 0.480 e. The molecule has 6 nitrogen and oxygen atoms in total. The normalized spacial score (nSPS) is 21.2. The Balaban J connectivity index is 2.14. The summed E-state index contributed by atoms with van der Waals surface area (Å²) in [6.45, 7) is 1.76. The smallest absolute Gasteiger partial charge is 0.317 e. The number of amidine groups is 1. The van der Waals surface area contributed by atoms with E-state index >= 15 is 0 Å². The molecule has 110 valence electrons. The van der Waals surface area contributed by atoms with Crippen LogP contribution in [-0.4, -0.2) is 33.1 Å². The first-order chi connectivity index (χ1) is 9.95. The molecule has 0 saturated carbocycles. The minimum absolute atomic E-state index is 0.0705. The Morgan fingerprint density at radius 1 is 1.43 bits per heavy atom. The van der Waals surface area contributed by atoms with E-state index in [-0.39, 0.29) is 17.5 Å². The number of hydrogen-bond donors (Lipinski definition) is 2. The first kappa shape index (κ1) is 15.5. The van der Waals surface area contributed by atoms with Crippen molar-refractivity contribution < 1.29 is 14.7 Å². The van der Waals surface area contributed by atoms with Crippen LogP contribution in [0.15, 0.2) is 34.5 Å². The van der Waals surface area contributed by atoms with Crippen molar-refractivity contribution in [1.29, 1.82) is 0 Å². The number of aliphatic carboxylic acids is 1. The van der Waals surface area contributed by atoms with Crippen LogP contribution in [0.1, 0.15) is 18.9 Å². The molecule has 1 aromatic rings. The first-order valence-electron chi connectivity index (χ1n) is 6.03. The van der Waals surface area contributed by atoms with E-state index in [1.54, 1.807) is 31.2 Å². The number of amides is 1. The summed E-state index contributed by atoms with van der Waals surface area (Å²) in [6.07, 6.45) is -0.0705. The molecule has 0 bridgehead atoms. The van der Waals surface area contributed by atoms with E-state index in [9.17, 15) is 9.59 Å². The maximum absolute atomic E-state index is 11.4. The molecule has 1 heterocycles. The van der Waals surface area contributed by atoms with Gasteiger partial charge in [-0.2, -0.15) is 5.10 Å². The van der Waals surface area contributed by atoms with Crippen LogP contribution in [0.4, 0.5) is 0 Å². The molecule has 2 rings (SSSR count). The predicted octanol–water partition coefficient (Wildman–Crippen LogP) is 2.13. The Morgan fingerprint density at radius 3 is 2.71 bits per heavy atom. The molecule has 1 atom stereocenters. The van der Waals surface area contributed by atoms with E-state index in [1.807, 2.05) is 0 Å². The van der Waals surface area contributed by atoms with Crippen molar-refractivity contribution in [3.8, 4) is 0 Å². The minimum Gasteiger partial charge on any atom is -0.480 e. The molecule has 0 radical (unpaired) electrons. The number of rotatable bonds is 3. The van der Waals surface area contributed by atoms with Gasteiger partial charge in [-0.3, -0.25) is 9.59 Å². The zero-order valence-electron chi connectivity index (χ0n) is 11.0. The van der Waals surface area contributed by atoms with E-state index < -0.39 is 11.2 Å².